The van der Waals surface area contributed by atoms with Crippen molar-refractivity contribution >= 4 is 0 Å². The van der Waals surface area contributed by atoms with Gasteiger partial charge in [-0.25, -0.2) is 0 Å². The lowest BCUT2D eigenvalue weighted by atomic mass is 10.1. The van der Waals surface area contributed by atoms with Crippen LogP contribution < -0.4 is 10.5 Å². The Labute approximate surface area is 104 Å². The summed E-state index contributed by atoms with van der Waals surface area (Å²) < 4.78 is 11.4. The van der Waals surface area contributed by atoms with E-state index in [1.807, 2.05) is 38.1 Å². The largest absolute Gasteiger partial charge is 0.494 e. The predicted octanol–water partition coefficient (Wildman–Crippen LogP) is 2.90. The maximum atomic E-state index is 5.76. The molecular weight excluding hydrogens is 214 g/mol. The summed E-state index contributed by atoms with van der Waals surface area (Å²) in [5, 5.41) is 0. The molecule has 2 N–H and O–H groups in total. The third-order valence-corrected chi connectivity index (χ3v) is 2.35. The van der Waals surface area contributed by atoms with Gasteiger partial charge in [-0.05, 0) is 38.0 Å². The van der Waals surface area contributed by atoms with Gasteiger partial charge in [-0.2, -0.15) is 0 Å². The maximum absolute atomic E-state index is 5.76. The van der Waals surface area contributed by atoms with Crippen molar-refractivity contribution in [3.8, 4) is 5.75 Å². The molecule has 1 aromatic carbocycles. The molecule has 0 aromatic heterocycles. The van der Waals surface area contributed by atoms with Crippen LogP contribution in [-0.4, -0.2) is 19.3 Å². The molecule has 0 fully saturated rings. The average molecular weight is 237 g/mol. The van der Waals surface area contributed by atoms with Crippen LogP contribution in [-0.2, 0) is 4.74 Å². The van der Waals surface area contributed by atoms with Crippen molar-refractivity contribution in [3.05, 3.63) is 29.8 Å². The highest BCUT2D eigenvalue weighted by atomic mass is 16.5. The minimum absolute atomic E-state index is 0.0554. The summed E-state index contributed by atoms with van der Waals surface area (Å²) in [6.07, 6.45) is 1.12. The second-order valence-corrected chi connectivity index (χ2v) is 4.33. The zero-order chi connectivity index (χ0) is 12.7. The van der Waals surface area contributed by atoms with Crippen LogP contribution in [0.15, 0.2) is 24.3 Å². The van der Waals surface area contributed by atoms with Gasteiger partial charge in [-0.3, -0.25) is 0 Å². The first-order chi connectivity index (χ1) is 8.17. The standard InChI is InChI=1S/C14H23NO2/c1-4-8-16-13-7-5-6-12(9-13)14(10-15)17-11(2)3/h5-7,9,11,14H,4,8,10,15H2,1-3H3. The number of hydrogen-bond donors (Lipinski definition) is 1. The molecule has 0 saturated carbocycles. The Kier molecular flexibility index (Phi) is 6.01. The topological polar surface area (TPSA) is 44.5 Å². The van der Waals surface area contributed by atoms with Crippen LogP contribution in [0.4, 0.5) is 0 Å². The molecule has 0 radical (unpaired) electrons. The number of nitrogens with two attached hydrogens (primary N) is 1. The third-order valence-electron chi connectivity index (χ3n) is 2.35. The molecule has 0 saturated heterocycles. The quantitative estimate of drug-likeness (QED) is 0.793. The van der Waals surface area contributed by atoms with Crippen LogP contribution in [0.25, 0.3) is 0 Å². The molecule has 1 atom stereocenters. The molecule has 3 nitrogen and oxygen atoms in total. The van der Waals surface area contributed by atoms with Gasteiger partial charge in [0.1, 0.15) is 5.75 Å². The van der Waals surface area contributed by atoms with E-state index >= 15 is 0 Å². The highest BCUT2D eigenvalue weighted by Crippen LogP contribution is 2.22. The first kappa shape index (κ1) is 14.0. The minimum atomic E-state index is -0.0554. The van der Waals surface area contributed by atoms with Gasteiger partial charge in [0, 0.05) is 6.54 Å². The van der Waals surface area contributed by atoms with E-state index in [9.17, 15) is 0 Å². The van der Waals surface area contributed by atoms with Crippen molar-refractivity contribution in [2.45, 2.75) is 39.4 Å². The van der Waals surface area contributed by atoms with Crippen molar-refractivity contribution in [1.29, 1.82) is 0 Å². The number of hydrogen-bond acceptors (Lipinski definition) is 3. The summed E-state index contributed by atoms with van der Waals surface area (Å²) in [5.41, 5.74) is 6.82. The van der Waals surface area contributed by atoms with Crippen molar-refractivity contribution in [3.63, 3.8) is 0 Å². The molecule has 0 bridgehead atoms. The maximum Gasteiger partial charge on any atom is 0.119 e. The fourth-order valence-electron chi connectivity index (χ4n) is 1.62. The summed E-state index contributed by atoms with van der Waals surface area (Å²) in [7, 11) is 0. The molecule has 0 spiro atoms. The first-order valence-corrected chi connectivity index (χ1v) is 6.25. The fraction of sp³-hybridized carbons (Fsp3) is 0.571. The molecular formula is C14H23NO2. The van der Waals surface area contributed by atoms with Crippen LogP contribution in [0.1, 0.15) is 38.9 Å². The number of rotatable bonds is 7. The molecule has 1 unspecified atom stereocenters. The SMILES string of the molecule is CCCOc1cccc(C(CN)OC(C)C)c1. The van der Waals surface area contributed by atoms with Gasteiger partial charge >= 0.3 is 0 Å². The van der Waals surface area contributed by atoms with Gasteiger partial charge < -0.3 is 15.2 Å². The second kappa shape index (κ2) is 7.30. The molecule has 1 rings (SSSR count). The smallest absolute Gasteiger partial charge is 0.119 e. The van der Waals surface area contributed by atoms with Crippen molar-refractivity contribution in [2.75, 3.05) is 13.2 Å². The van der Waals surface area contributed by atoms with E-state index in [1.54, 1.807) is 0 Å². The zero-order valence-electron chi connectivity index (χ0n) is 11.0. The van der Waals surface area contributed by atoms with Gasteiger partial charge in [-0.15, -0.1) is 0 Å². The highest BCUT2D eigenvalue weighted by molar-refractivity contribution is 5.30. The number of benzene rings is 1. The van der Waals surface area contributed by atoms with E-state index in [0.29, 0.717) is 6.54 Å². The fourth-order valence-corrected chi connectivity index (χ4v) is 1.62. The zero-order valence-corrected chi connectivity index (χ0v) is 11.0. The van der Waals surface area contributed by atoms with Gasteiger partial charge in [-0.1, -0.05) is 19.1 Å². The Hall–Kier alpha value is -1.06. The van der Waals surface area contributed by atoms with E-state index in [-0.39, 0.29) is 12.2 Å². The lowest BCUT2D eigenvalue weighted by Crippen LogP contribution is -2.19. The lowest BCUT2D eigenvalue weighted by Gasteiger charge is -2.19. The average Bonchev–Trinajstić information content (AvgIpc) is 2.33. The third kappa shape index (κ3) is 4.75. The van der Waals surface area contributed by atoms with Gasteiger partial charge in [0.2, 0.25) is 0 Å². The van der Waals surface area contributed by atoms with Gasteiger partial charge in [0.05, 0.1) is 18.8 Å². The summed E-state index contributed by atoms with van der Waals surface area (Å²) in [6.45, 7) is 7.34. The molecule has 0 heterocycles. The second-order valence-electron chi connectivity index (χ2n) is 4.33. The molecule has 3 heteroatoms. The molecule has 17 heavy (non-hydrogen) atoms. The van der Waals surface area contributed by atoms with Crippen molar-refractivity contribution < 1.29 is 9.47 Å². The van der Waals surface area contributed by atoms with Crippen LogP contribution in [0.2, 0.25) is 0 Å². The molecule has 0 aliphatic carbocycles. The normalized spacial score (nSPS) is 12.8. The summed E-state index contributed by atoms with van der Waals surface area (Å²) in [5.74, 6) is 0.884. The summed E-state index contributed by atoms with van der Waals surface area (Å²) in [4.78, 5) is 0. The Morgan fingerprint density at radius 3 is 2.65 bits per heavy atom. The highest BCUT2D eigenvalue weighted by Gasteiger charge is 2.12. The van der Waals surface area contributed by atoms with Crippen LogP contribution in [0, 0.1) is 0 Å². The monoisotopic (exact) mass is 237 g/mol. The summed E-state index contributed by atoms with van der Waals surface area (Å²) >= 11 is 0. The molecule has 0 amide bonds. The Bertz CT molecular complexity index is 326. The molecule has 1 aromatic rings. The molecule has 96 valence electrons. The minimum Gasteiger partial charge on any atom is -0.494 e. The predicted molar refractivity (Wildman–Crippen MR) is 70.2 cm³/mol. The lowest BCUT2D eigenvalue weighted by molar-refractivity contribution is 0.0118. The molecule has 0 aliphatic heterocycles. The summed E-state index contributed by atoms with van der Waals surface area (Å²) in [6, 6.07) is 7.98. The van der Waals surface area contributed by atoms with E-state index in [0.717, 1.165) is 24.3 Å². The van der Waals surface area contributed by atoms with Crippen molar-refractivity contribution in [2.24, 2.45) is 5.73 Å². The number of ether oxygens (including phenoxy) is 2. The van der Waals surface area contributed by atoms with Crippen LogP contribution in [0.5, 0.6) is 5.75 Å². The Morgan fingerprint density at radius 2 is 2.06 bits per heavy atom. The van der Waals surface area contributed by atoms with E-state index in [1.165, 1.54) is 0 Å². The molecule has 0 aliphatic rings. The van der Waals surface area contributed by atoms with E-state index in [2.05, 4.69) is 6.92 Å². The van der Waals surface area contributed by atoms with Gasteiger partial charge in [0.25, 0.3) is 0 Å². The van der Waals surface area contributed by atoms with Crippen molar-refractivity contribution in [1.82, 2.24) is 0 Å². The van der Waals surface area contributed by atoms with Crippen LogP contribution >= 0.6 is 0 Å². The van der Waals surface area contributed by atoms with E-state index in [4.69, 9.17) is 15.2 Å². The first-order valence-electron chi connectivity index (χ1n) is 6.25. The Balaban J connectivity index is 2.73. The van der Waals surface area contributed by atoms with Crippen LogP contribution in [0.3, 0.4) is 0 Å². The van der Waals surface area contributed by atoms with E-state index < -0.39 is 0 Å². The van der Waals surface area contributed by atoms with Gasteiger partial charge in [0.15, 0.2) is 0 Å². The Morgan fingerprint density at radius 1 is 1.29 bits per heavy atom.